The molecule has 1 nitrogen and oxygen atoms in total. The van der Waals surface area contributed by atoms with E-state index >= 15 is 0 Å². The van der Waals surface area contributed by atoms with Crippen LogP contribution >= 0.6 is 0 Å². The van der Waals surface area contributed by atoms with Crippen molar-refractivity contribution in [3.8, 4) is 0 Å². The Bertz CT molecular complexity index is 203. The number of hydrogen-bond donors (Lipinski definition) is 0. The normalized spacial score (nSPS) is 17.4. The predicted molar refractivity (Wildman–Crippen MR) is 38.1 cm³/mol. The summed E-state index contributed by atoms with van der Waals surface area (Å²) in [5, 5.41) is 0. The van der Waals surface area contributed by atoms with Crippen LogP contribution in [0.2, 0.25) is 0 Å². The molecule has 0 amide bonds. The molecule has 1 radical (unpaired) electrons. The molecule has 0 aromatic carbocycles. The van der Waals surface area contributed by atoms with Crippen molar-refractivity contribution in [2.75, 3.05) is 6.61 Å². The number of ether oxygens (including phenoxy) is 1. The van der Waals surface area contributed by atoms with Crippen molar-refractivity contribution in [2.45, 2.75) is 12.6 Å². The van der Waals surface area contributed by atoms with E-state index in [1.54, 1.807) is 12.5 Å². The van der Waals surface area contributed by atoms with Crippen molar-refractivity contribution >= 4 is 0 Å². The first kappa shape index (κ1) is 9.16. The van der Waals surface area contributed by atoms with E-state index in [9.17, 15) is 13.2 Å². The second kappa shape index (κ2) is 3.65. The predicted octanol–water partition coefficient (Wildman–Crippen LogP) is 2.61. The van der Waals surface area contributed by atoms with Gasteiger partial charge in [-0.05, 0) is 12.5 Å². The molecule has 0 saturated heterocycles. The SMILES string of the molecule is FC(F)(F)COC1=CC=CC[CH]1. The van der Waals surface area contributed by atoms with Gasteiger partial charge in [0.1, 0.15) is 5.76 Å². The van der Waals surface area contributed by atoms with Crippen LogP contribution in [-0.4, -0.2) is 12.8 Å². The highest BCUT2D eigenvalue weighted by Gasteiger charge is 2.28. The first-order valence-electron chi connectivity index (χ1n) is 3.47. The maximum atomic E-state index is 11.6. The van der Waals surface area contributed by atoms with Crippen LogP contribution in [0.3, 0.4) is 0 Å². The summed E-state index contributed by atoms with van der Waals surface area (Å²) in [6.07, 6.45) is 2.99. The molecule has 0 atom stereocenters. The minimum atomic E-state index is -4.25. The van der Waals surface area contributed by atoms with E-state index in [2.05, 4.69) is 4.74 Å². The summed E-state index contributed by atoms with van der Waals surface area (Å²) in [7, 11) is 0. The Morgan fingerprint density at radius 1 is 1.42 bits per heavy atom. The van der Waals surface area contributed by atoms with Crippen LogP contribution < -0.4 is 0 Å². The van der Waals surface area contributed by atoms with Crippen molar-refractivity contribution in [3.63, 3.8) is 0 Å². The molecule has 0 heterocycles. The van der Waals surface area contributed by atoms with Crippen LogP contribution in [-0.2, 0) is 4.74 Å². The minimum absolute atomic E-state index is 0.287. The molecule has 1 aliphatic carbocycles. The van der Waals surface area contributed by atoms with Gasteiger partial charge in [0, 0.05) is 6.42 Å². The number of alkyl halides is 3. The molecule has 0 N–H and O–H groups in total. The Hall–Kier alpha value is -0.930. The lowest BCUT2D eigenvalue weighted by atomic mass is 10.2. The third kappa shape index (κ3) is 3.46. The summed E-state index contributed by atoms with van der Waals surface area (Å²) in [6.45, 7) is -1.22. The van der Waals surface area contributed by atoms with Crippen molar-refractivity contribution < 1.29 is 17.9 Å². The standard InChI is InChI=1S/C8H8F3O/c9-8(10,11)6-12-7-4-2-1-3-5-7/h1-2,4-5H,3,6H2. The quantitative estimate of drug-likeness (QED) is 0.630. The summed E-state index contributed by atoms with van der Waals surface area (Å²) in [6, 6.07) is 0. The molecule has 0 bridgehead atoms. The zero-order valence-electron chi connectivity index (χ0n) is 6.27. The molecule has 0 unspecified atom stereocenters. The molecular formula is C8H8F3O. The first-order valence-corrected chi connectivity index (χ1v) is 3.47. The van der Waals surface area contributed by atoms with E-state index < -0.39 is 12.8 Å². The number of allylic oxidation sites excluding steroid dienone is 4. The number of rotatable bonds is 2. The molecule has 1 rings (SSSR count). The van der Waals surface area contributed by atoms with Crippen LogP contribution in [0.4, 0.5) is 13.2 Å². The average Bonchev–Trinajstić information content (AvgIpc) is 2.02. The number of halogens is 3. The molecule has 0 spiro atoms. The average molecular weight is 177 g/mol. The molecule has 12 heavy (non-hydrogen) atoms. The lowest BCUT2D eigenvalue weighted by Crippen LogP contribution is -2.17. The van der Waals surface area contributed by atoms with Gasteiger partial charge in [0.2, 0.25) is 0 Å². The van der Waals surface area contributed by atoms with Gasteiger partial charge in [-0.15, -0.1) is 0 Å². The van der Waals surface area contributed by atoms with Crippen molar-refractivity contribution in [1.29, 1.82) is 0 Å². The Morgan fingerprint density at radius 3 is 2.67 bits per heavy atom. The summed E-state index contributed by atoms with van der Waals surface area (Å²) < 4.78 is 39.4. The zero-order chi connectivity index (χ0) is 9.03. The molecule has 0 aliphatic heterocycles. The summed E-state index contributed by atoms with van der Waals surface area (Å²) in [4.78, 5) is 0. The molecular weight excluding hydrogens is 169 g/mol. The second-order valence-corrected chi connectivity index (χ2v) is 2.34. The van der Waals surface area contributed by atoms with Gasteiger partial charge >= 0.3 is 6.18 Å². The molecule has 1 aliphatic rings. The van der Waals surface area contributed by atoms with E-state index in [4.69, 9.17) is 0 Å². The van der Waals surface area contributed by atoms with Gasteiger partial charge in [0.25, 0.3) is 0 Å². The maximum absolute atomic E-state index is 11.6. The van der Waals surface area contributed by atoms with E-state index in [0.717, 1.165) is 0 Å². The lowest BCUT2D eigenvalue weighted by Gasteiger charge is -2.12. The first-order chi connectivity index (χ1) is 5.58. The summed E-state index contributed by atoms with van der Waals surface area (Å²) in [5.74, 6) is 0.287. The highest BCUT2D eigenvalue weighted by atomic mass is 19.4. The second-order valence-electron chi connectivity index (χ2n) is 2.34. The highest BCUT2D eigenvalue weighted by Crippen LogP contribution is 2.19. The Labute approximate surface area is 68.5 Å². The van der Waals surface area contributed by atoms with E-state index in [1.165, 1.54) is 6.08 Å². The molecule has 0 saturated carbocycles. The zero-order valence-corrected chi connectivity index (χ0v) is 6.27. The molecule has 0 aromatic heterocycles. The van der Waals surface area contributed by atoms with Gasteiger partial charge in [-0.1, -0.05) is 12.2 Å². The Morgan fingerprint density at radius 2 is 2.17 bits per heavy atom. The molecule has 4 heteroatoms. The van der Waals surface area contributed by atoms with Crippen LogP contribution in [0.1, 0.15) is 6.42 Å². The monoisotopic (exact) mass is 177 g/mol. The third-order valence-electron chi connectivity index (χ3n) is 1.25. The van der Waals surface area contributed by atoms with Crippen LogP contribution in [0.5, 0.6) is 0 Å². The van der Waals surface area contributed by atoms with E-state index in [1.807, 2.05) is 6.08 Å². The fourth-order valence-electron chi connectivity index (χ4n) is 0.766. The van der Waals surface area contributed by atoms with Gasteiger partial charge in [0.15, 0.2) is 6.61 Å². The maximum Gasteiger partial charge on any atom is 0.422 e. The smallest absolute Gasteiger partial charge is 0.422 e. The minimum Gasteiger partial charge on any atom is -0.488 e. The van der Waals surface area contributed by atoms with Crippen molar-refractivity contribution in [2.24, 2.45) is 0 Å². The number of hydrogen-bond acceptors (Lipinski definition) is 1. The summed E-state index contributed by atoms with van der Waals surface area (Å²) >= 11 is 0. The Kier molecular flexibility index (Phi) is 2.78. The summed E-state index contributed by atoms with van der Waals surface area (Å²) in [5.41, 5.74) is 0. The Balaban J connectivity index is 2.32. The van der Waals surface area contributed by atoms with Gasteiger partial charge in [0.05, 0.1) is 0 Å². The van der Waals surface area contributed by atoms with Crippen LogP contribution in [0.15, 0.2) is 24.0 Å². The van der Waals surface area contributed by atoms with Gasteiger partial charge in [-0.3, -0.25) is 0 Å². The van der Waals surface area contributed by atoms with Crippen molar-refractivity contribution in [1.82, 2.24) is 0 Å². The van der Waals surface area contributed by atoms with Gasteiger partial charge in [-0.2, -0.15) is 13.2 Å². The van der Waals surface area contributed by atoms with E-state index in [-0.39, 0.29) is 5.76 Å². The van der Waals surface area contributed by atoms with E-state index in [0.29, 0.717) is 6.42 Å². The fraction of sp³-hybridized carbons (Fsp3) is 0.375. The van der Waals surface area contributed by atoms with Gasteiger partial charge < -0.3 is 4.74 Å². The lowest BCUT2D eigenvalue weighted by molar-refractivity contribution is -0.164. The fourth-order valence-corrected chi connectivity index (χ4v) is 0.766. The highest BCUT2D eigenvalue weighted by molar-refractivity contribution is 5.21. The largest absolute Gasteiger partial charge is 0.488 e. The molecule has 0 fully saturated rings. The molecule has 67 valence electrons. The van der Waals surface area contributed by atoms with Crippen LogP contribution in [0.25, 0.3) is 0 Å². The topological polar surface area (TPSA) is 9.23 Å². The molecule has 0 aromatic rings. The third-order valence-corrected chi connectivity index (χ3v) is 1.25. The van der Waals surface area contributed by atoms with Crippen molar-refractivity contribution in [3.05, 3.63) is 30.4 Å². The van der Waals surface area contributed by atoms with Gasteiger partial charge in [-0.25, -0.2) is 0 Å². The van der Waals surface area contributed by atoms with Crippen LogP contribution in [0, 0.1) is 6.42 Å².